The van der Waals surface area contributed by atoms with Crippen LogP contribution in [0.1, 0.15) is 33.6 Å². The summed E-state index contributed by atoms with van der Waals surface area (Å²) < 4.78 is 5.58. The van der Waals surface area contributed by atoms with Crippen LogP contribution in [-0.2, 0) is 0 Å². The maximum Gasteiger partial charge on any atom is 0.119 e. The Morgan fingerprint density at radius 1 is 1.27 bits per heavy atom. The molecular formula is C21H31N3O2. The molecule has 0 aliphatic carbocycles. The third-order valence-electron chi connectivity index (χ3n) is 5.77. The van der Waals surface area contributed by atoms with Gasteiger partial charge in [-0.3, -0.25) is 4.90 Å². The second-order valence-corrected chi connectivity index (χ2v) is 8.39. The van der Waals surface area contributed by atoms with E-state index in [0.29, 0.717) is 25.1 Å². The Labute approximate surface area is 157 Å². The van der Waals surface area contributed by atoms with Gasteiger partial charge in [0.05, 0.1) is 25.2 Å². The molecule has 142 valence electrons. The Kier molecular flexibility index (Phi) is 5.74. The monoisotopic (exact) mass is 357 g/mol. The Bertz CT molecular complexity index is 638. The molecule has 3 heterocycles. The topological polar surface area (TPSA) is 59.7 Å². The number of aliphatic hydroxyl groups excluding tert-OH is 1. The summed E-state index contributed by atoms with van der Waals surface area (Å²) in [5.74, 6) is 1.49. The number of benzene rings is 1. The van der Waals surface area contributed by atoms with Crippen LogP contribution >= 0.6 is 0 Å². The minimum atomic E-state index is -0.556. The number of hydrogen-bond acceptors (Lipinski definition) is 5. The number of rotatable bonds is 6. The highest BCUT2D eigenvalue weighted by Gasteiger charge is 2.45. The van der Waals surface area contributed by atoms with Crippen LogP contribution in [0.25, 0.3) is 0 Å². The second kappa shape index (κ2) is 7.85. The molecule has 0 spiro atoms. The van der Waals surface area contributed by atoms with Crippen LogP contribution in [0.5, 0.6) is 5.75 Å². The Hall–Kier alpha value is -1.77. The molecule has 0 radical (unpaired) electrons. The van der Waals surface area contributed by atoms with Crippen LogP contribution in [0.15, 0.2) is 24.3 Å². The SMILES string of the molecule is CCOc1ccc(N2CC3CN(CC(O)CC#N)CC2C(C)(C)C3)cc1. The van der Waals surface area contributed by atoms with Gasteiger partial charge in [-0.05, 0) is 48.9 Å². The maximum absolute atomic E-state index is 10.1. The summed E-state index contributed by atoms with van der Waals surface area (Å²) in [5.41, 5.74) is 1.46. The van der Waals surface area contributed by atoms with E-state index in [4.69, 9.17) is 10.00 Å². The van der Waals surface area contributed by atoms with Gasteiger partial charge in [-0.2, -0.15) is 5.26 Å². The minimum absolute atomic E-state index is 0.206. The lowest BCUT2D eigenvalue weighted by Gasteiger charge is -2.48. The van der Waals surface area contributed by atoms with Gasteiger partial charge in [-0.25, -0.2) is 0 Å². The van der Waals surface area contributed by atoms with Gasteiger partial charge in [-0.15, -0.1) is 0 Å². The number of nitrogens with zero attached hydrogens (tertiary/aromatic N) is 3. The summed E-state index contributed by atoms with van der Waals surface area (Å²) in [7, 11) is 0. The molecule has 3 saturated heterocycles. The number of aliphatic hydroxyl groups is 1. The van der Waals surface area contributed by atoms with Gasteiger partial charge in [0, 0.05) is 37.9 Å². The van der Waals surface area contributed by atoms with Gasteiger partial charge < -0.3 is 14.7 Å². The van der Waals surface area contributed by atoms with Gasteiger partial charge in [0.15, 0.2) is 0 Å². The minimum Gasteiger partial charge on any atom is -0.494 e. The molecule has 5 heteroatoms. The smallest absolute Gasteiger partial charge is 0.119 e. The summed E-state index contributed by atoms with van der Waals surface area (Å²) in [4.78, 5) is 4.90. The lowest BCUT2D eigenvalue weighted by molar-refractivity contribution is 0.112. The molecule has 1 N–H and O–H groups in total. The molecule has 0 aromatic heterocycles. The van der Waals surface area contributed by atoms with E-state index in [2.05, 4.69) is 54.0 Å². The van der Waals surface area contributed by atoms with Crippen LogP contribution in [0, 0.1) is 22.7 Å². The molecule has 0 amide bonds. The van der Waals surface area contributed by atoms with Gasteiger partial charge >= 0.3 is 0 Å². The van der Waals surface area contributed by atoms with E-state index in [0.717, 1.165) is 25.4 Å². The van der Waals surface area contributed by atoms with Crippen LogP contribution in [0.3, 0.4) is 0 Å². The van der Waals surface area contributed by atoms with E-state index in [1.54, 1.807) is 0 Å². The molecule has 5 nitrogen and oxygen atoms in total. The summed E-state index contributed by atoms with van der Waals surface area (Å²) in [6, 6.07) is 10.9. The van der Waals surface area contributed by atoms with E-state index in [-0.39, 0.29) is 11.8 Å². The molecule has 1 aromatic carbocycles. The molecule has 3 fully saturated rings. The Morgan fingerprint density at radius 3 is 2.65 bits per heavy atom. The number of nitriles is 1. The molecule has 0 saturated carbocycles. The summed E-state index contributed by atoms with van der Waals surface area (Å²) in [5, 5.41) is 18.9. The lowest BCUT2D eigenvalue weighted by Crippen LogP contribution is -2.54. The maximum atomic E-state index is 10.1. The third kappa shape index (κ3) is 4.13. The Morgan fingerprint density at radius 2 is 2.00 bits per heavy atom. The molecular weight excluding hydrogens is 326 g/mol. The zero-order valence-electron chi connectivity index (χ0n) is 16.2. The fraction of sp³-hybridized carbons (Fsp3) is 0.667. The number of ether oxygens (including phenoxy) is 1. The first-order valence-electron chi connectivity index (χ1n) is 9.70. The predicted molar refractivity (Wildman–Crippen MR) is 103 cm³/mol. The van der Waals surface area contributed by atoms with Crippen molar-refractivity contribution in [2.45, 2.75) is 45.8 Å². The third-order valence-corrected chi connectivity index (χ3v) is 5.77. The van der Waals surface area contributed by atoms with Gasteiger partial charge in [0.2, 0.25) is 0 Å². The largest absolute Gasteiger partial charge is 0.494 e. The van der Waals surface area contributed by atoms with Crippen molar-refractivity contribution in [2.24, 2.45) is 11.3 Å². The van der Waals surface area contributed by atoms with Gasteiger partial charge in [-0.1, -0.05) is 13.8 Å². The highest BCUT2D eigenvalue weighted by Crippen LogP contribution is 2.43. The highest BCUT2D eigenvalue weighted by molar-refractivity contribution is 5.51. The van der Waals surface area contributed by atoms with E-state index >= 15 is 0 Å². The van der Waals surface area contributed by atoms with Crippen molar-refractivity contribution < 1.29 is 9.84 Å². The molecule has 1 aromatic rings. The average Bonchev–Trinajstić information content (AvgIpc) is 2.82. The van der Waals surface area contributed by atoms with Crippen molar-refractivity contribution in [3.8, 4) is 11.8 Å². The number of fused-ring (bicyclic) bond motifs is 4. The van der Waals surface area contributed by atoms with Crippen molar-refractivity contribution in [1.82, 2.24) is 4.90 Å². The molecule has 3 atom stereocenters. The van der Waals surface area contributed by atoms with Gasteiger partial charge in [0.1, 0.15) is 5.75 Å². The molecule has 3 aliphatic rings. The first-order chi connectivity index (χ1) is 12.4. The van der Waals surface area contributed by atoms with Crippen molar-refractivity contribution in [1.29, 1.82) is 5.26 Å². The van der Waals surface area contributed by atoms with Crippen molar-refractivity contribution in [2.75, 3.05) is 37.7 Å². The molecule has 26 heavy (non-hydrogen) atoms. The molecule has 3 aliphatic heterocycles. The molecule has 3 unspecified atom stereocenters. The zero-order valence-corrected chi connectivity index (χ0v) is 16.2. The van der Waals surface area contributed by atoms with Crippen LogP contribution in [0.4, 0.5) is 5.69 Å². The van der Waals surface area contributed by atoms with Crippen molar-refractivity contribution >= 4 is 5.69 Å². The second-order valence-electron chi connectivity index (χ2n) is 8.39. The van der Waals surface area contributed by atoms with Crippen LogP contribution < -0.4 is 9.64 Å². The van der Waals surface area contributed by atoms with Crippen molar-refractivity contribution in [3.05, 3.63) is 24.3 Å². The number of hydrogen-bond donors (Lipinski definition) is 1. The standard InChI is InChI=1S/C21H31N3O2/c1-4-26-19-7-5-17(6-8-19)24-13-16-11-21(2,3)20(24)15-23(12-16)14-18(25)9-10-22/h5-8,16,18,20,25H,4,9,11-15H2,1-3H3. The van der Waals surface area contributed by atoms with Gasteiger partial charge in [0.25, 0.3) is 0 Å². The van der Waals surface area contributed by atoms with Crippen LogP contribution in [0.2, 0.25) is 0 Å². The zero-order chi connectivity index (χ0) is 18.7. The molecule has 2 bridgehead atoms. The quantitative estimate of drug-likeness (QED) is 0.848. The van der Waals surface area contributed by atoms with Crippen LogP contribution in [-0.4, -0.2) is 54.9 Å². The summed E-state index contributed by atoms with van der Waals surface area (Å²) in [6.07, 6.45) is 0.855. The average molecular weight is 357 g/mol. The first-order valence-corrected chi connectivity index (χ1v) is 9.70. The first kappa shape index (κ1) is 19.0. The van der Waals surface area contributed by atoms with E-state index in [1.807, 2.05) is 6.92 Å². The van der Waals surface area contributed by atoms with E-state index < -0.39 is 6.10 Å². The Balaban J connectivity index is 1.79. The summed E-state index contributed by atoms with van der Waals surface area (Å²) >= 11 is 0. The van der Waals surface area contributed by atoms with Crippen molar-refractivity contribution in [3.63, 3.8) is 0 Å². The lowest BCUT2D eigenvalue weighted by atomic mass is 9.73. The van der Waals surface area contributed by atoms with E-state index in [1.165, 1.54) is 12.1 Å². The van der Waals surface area contributed by atoms with E-state index in [9.17, 15) is 5.11 Å². The normalized spacial score (nSPS) is 26.2. The number of piperidine rings is 1. The highest BCUT2D eigenvalue weighted by atomic mass is 16.5. The fourth-order valence-electron chi connectivity index (χ4n) is 4.73. The summed E-state index contributed by atoms with van der Waals surface area (Å²) in [6.45, 7) is 11.0. The predicted octanol–water partition coefficient (Wildman–Crippen LogP) is 2.90. The fourth-order valence-corrected chi connectivity index (χ4v) is 4.73. The molecule has 4 rings (SSSR count). The number of anilines is 1.